The predicted octanol–water partition coefficient (Wildman–Crippen LogP) is 3.99. The third-order valence-corrected chi connectivity index (χ3v) is 8.22. The average Bonchev–Trinajstić information content (AvgIpc) is 3.63. The number of benzene rings is 3. The molecule has 0 radical (unpaired) electrons. The highest BCUT2D eigenvalue weighted by molar-refractivity contribution is 7.07. The molecule has 1 aromatic heterocycles. The lowest BCUT2D eigenvalue weighted by Gasteiger charge is -2.24. The van der Waals surface area contributed by atoms with Crippen molar-refractivity contribution in [2.75, 3.05) is 20.5 Å². The Hall–Kier alpha value is -5.34. The average molecular weight is 610 g/mol. The molecule has 0 amide bonds. The standard InChI is InChI=1S/C33H27N3O7S/c1-4-40-32(38)29-19(2)35-33-36(30(29)21-10-12-25-27(15-21)43-18-42-25)31(37)28(44-33)14-20-9-11-24(26(13-20)39-3)41-17-23-8-6-5-7-22(23)16-34/h5-15,30H,4,17-18H2,1-3H3/b28-14-/t30-/m1/s1. The van der Waals surface area contributed by atoms with Gasteiger partial charge in [0.25, 0.3) is 5.56 Å². The number of carbonyl (C=O) groups is 1. The van der Waals surface area contributed by atoms with E-state index in [4.69, 9.17) is 23.7 Å². The second-order valence-electron chi connectivity index (χ2n) is 9.88. The summed E-state index contributed by atoms with van der Waals surface area (Å²) in [7, 11) is 1.54. The van der Waals surface area contributed by atoms with Crippen LogP contribution < -0.4 is 33.8 Å². The van der Waals surface area contributed by atoms with E-state index in [9.17, 15) is 14.9 Å². The van der Waals surface area contributed by atoms with Crippen LogP contribution in [-0.2, 0) is 16.1 Å². The zero-order valence-electron chi connectivity index (χ0n) is 24.2. The number of aromatic nitrogens is 1. The van der Waals surface area contributed by atoms with Crippen LogP contribution in [0.1, 0.15) is 42.1 Å². The summed E-state index contributed by atoms with van der Waals surface area (Å²) in [6.07, 6.45) is 1.75. The molecule has 2 aliphatic rings. The fourth-order valence-electron chi connectivity index (χ4n) is 5.15. The third-order valence-electron chi connectivity index (χ3n) is 7.24. The zero-order chi connectivity index (χ0) is 30.8. The van der Waals surface area contributed by atoms with Gasteiger partial charge < -0.3 is 23.7 Å². The van der Waals surface area contributed by atoms with Crippen molar-refractivity contribution < 1.29 is 28.5 Å². The van der Waals surface area contributed by atoms with E-state index in [1.165, 1.54) is 23.0 Å². The van der Waals surface area contributed by atoms with Crippen LogP contribution in [0.5, 0.6) is 23.0 Å². The van der Waals surface area contributed by atoms with Gasteiger partial charge in [-0.25, -0.2) is 9.79 Å². The third kappa shape index (κ3) is 5.31. The largest absolute Gasteiger partial charge is 0.493 e. The minimum absolute atomic E-state index is 0.0988. The molecule has 4 aromatic rings. The number of hydrogen-bond donors (Lipinski definition) is 0. The van der Waals surface area contributed by atoms with Crippen molar-refractivity contribution >= 4 is 23.4 Å². The number of ether oxygens (including phenoxy) is 5. The van der Waals surface area contributed by atoms with E-state index < -0.39 is 12.0 Å². The lowest BCUT2D eigenvalue weighted by atomic mass is 9.95. The number of carbonyl (C=O) groups excluding carboxylic acids is 1. The summed E-state index contributed by atoms with van der Waals surface area (Å²) in [4.78, 5) is 32.2. The topological polar surface area (TPSA) is 121 Å². The van der Waals surface area contributed by atoms with Gasteiger partial charge in [0.05, 0.1) is 47.2 Å². The van der Waals surface area contributed by atoms with Crippen LogP contribution in [-0.4, -0.2) is 31.0 Å². The highest BCUT2D eigenvalue weighted by Gasteiger charge is 2.34. The molecule has 222 valence electrons. The minimum Gasteiger partial charge on any atom is -0.493 e. The van der Waals surface area contributed by atoms with Gasteiger partial charge >= 0.3 is 5.97 Å². The summed E-state index contributed by atoms with van der Waals surface area (Å²) < 4.78 is 29.9. The Kier molecular flexibility index (Phi) is 7.91. The van der Waals surface area contributed by atoms with Crippen molar-refractivity contribution in [1.82, 2.24) is 4.57 Å². The van der Waals surface area contributed by atoms with Gasteiger partial charge in [-0.3, -0.25) is 9.36 Å². The van der Waals surface area contributed by atoms with Crippen LogP contribution in [0, 0.1) is 11.3 Å². The summed E-state index contributed by atoms with van der Waals surface area (Å²) in [5, 5.41) is 9.37. The second-order valence-corrected chi connectivity index (χ2v) is 10.9. The Morgan fingerprint density at radius 2 is 1.95 bits per heavy atom. The molecule has 10 nitrogen and oxygen atoms in total. The molecule has 44 heavy (non-hydrogen) atoms. The molecule has 0 saturated carbocycles. The van der Waals surface area contributed by atoms with Gasteiger partial charge in [0.1, 0.15) is 6.61 Å². The van der Waals surface area contributed by atoms with E-state index in [0.717, 1.165) is 5.56 Å². The molecular formula is C33H27N3O7S. The molecule has 0 saturated heterocycles. The van der Waals surface area contributed by atoms with E-state index >= 15 is 0 Å². The van der Waals surface area contributed by atoms with Crippen molar-refractivity contribution in [2.24, 2.45) is 4.99 Å². The van der Waals surface area contributed by atoms with Crippen LogP contribution in [0.15, 0.2) is 81.7 Å². The molecule has 0 spiro atoms. The van der Waals surface area contributed by atoms with Crippen LogP contribution in [0.25, 0.3) is 6.08 Å². The fraction of sp³-hybridized carbons (Fsp3) is 0.212. The van der Waals surface area contributed by atoms with Gasteiger partial charge in [-0.05, 0) is 61.4 Å². The zero-order valence-corrected chi connectivity index (χ0v) is 25.0. The van der Waals surface area contributed by atoms with Gasteiger partial charge in [0, 0.05) is 5.56 Å². The monoisotopic (exact) mass is 609 g/mol. The molecular weight excluding hydrogens is 582 g/mol. The van der Waals surface area contributed by atoms with Gasteiger partial charge in [0.2, 0.25) is 6.79 Å². The van der Waals surface area contributed by atoms with Crippen molar-refractivity contribution in [3.8, 4) is 29.1 Å². The maximum Gasteiger partial charge on any atom is 0.338 e. The summed E-state index contributed by atoms with van der Waals surface area (Å²) in [5.74, 6) is 1.56. The van der Waals surface area contributed by atoms with E-state index in [-0.39, 0.29) is 31.1 Å². The van der Waals surface area contributed by atoms with Crippen molar-refractivity contribution in [3.05, 3.63) is 114 Å². The number of esters is 1. The van der Waals surface area contributed by atoms with Crippen LogP contribution >= 0.6 is 11.3 Å². The molecule has 6 rings (SSSR count). The second kappa shape index (κ2) is 12.1. The Morgan fingerprint density at radius 3 is 2.75 bits per heavy atom. The number of methoxy groups -OCH3 is 1. The van der Waals surface area contributed by atoms with Gasteiger partial charge in [-0.15, -0.1) is 0 Å². The Balaban J connectivity index is 1.39. The quantitative estimate of drug-likeness (QED) is 0.275. The highest BCUT2D eigenvalue weighted by Crippen LogP contribution is 2.38. The minimum atomic E-state index is -0.774. The molecule has 3 heterocycles. The SMILES string of the molecule is CCOC(=O)C1=C(C)N=c2s/c(=C\c3ccc(OCc4ccccc4C#N)c(OC)c3)c(=O)n2[C@@H]1c1ccc2c(c1)OCO2. The van der Waals surface area contributed by atoms with E-state index in [2.05, 4.69) is 11.1 Å². The van der Waals surface area contributed by atoms with Crippen molar-refractivity contribution in [3.63, 3.8) is 0 Å². The number of fused-ring (bicyclic) bond motifs is 2. The molecule has 0 aliphatic carbocycles. The van der Waals surface area contributed by atoms with Gasteiger partial charge in [-0.2, -0.15) is 5.26 Å². The van der Waals surface area contributed by atoms with E-state index in [1.54, 1.807) is 56.3 Å². The predicted molar refractivity (Wildman–Crippen MR) is 161 cm³/mol. The van der Waals surface area contributed by atoms with Crippen LogP contribution in [0.3, 0.4) is 0 Å². The maximum absolute atomic E-state index is 14.0. The summed E-state index contributed by atoms with van der Waals surface area (Å²) >= 11 is 1.22. The van der Waals surface area contributed by atoms with Crippen molar-refractivity contribution in [2.45, 2.75) is 26.5 Å². The number of thiazole rings is 1. The molecule has 0 bridgehead atoms. The fourth-order valence-corrected chi connectivity index (χ4v) is 6.19. The smallest absolute Gasteiger partial charge is 0.338 e. The lowest BCUT2D eigenvalue weighted by Crippen LogP contribution is -2.39. The maximum atomic E-state index is 14.0. The van der Waals surface area contributed by atoms with Gasteiger partial charge in [0.15, 0.2) is 27.8 Å². The number of nitriles is 1. The van der Waals surface area contributed by atoms with Crippen LogP contribution in [0.2, 0.25) is 0 Å². The molecule has 3 aromatic carbocycles. The van der Waals surface area contributed by atoms with Crippen LogP contribution in [0.4, 0.5) is 0 Å². The summed E-state index contributed by atoms with van der Waals surface area (Å²) in [6, 6.07) is 19.3. The van der Waals surface area contributed by atoms with E-state index in [0.29, 0.717) is 54.7 Å². The molecule has 11 heteroatoms. The number of rotatable bonds is 8. The molecule has 2 aliphatic heterocycles. The Morgan fingerprint density at radius 1 is 1.14 bits per heavy atom. The first-order chi connectivity index (χ1) is 21.4. The normalized spacial score (nSPS) is 15.3. The molecule has 1 atom stereocenters. The Bertz CT molecular complexity index is 2040. The summed E-state index contributed by atoms with van der Waals surface area (Å²) in [5.41, 5.74) is 3.12. The lowest BCUT2D eigenvalue weighted by molar-refractivity contribution is -0.139. The first-order valence-corrected chi connectivity index (χ1v) is 14.6. The Labute approximate surface area is 256 Å². The number of nitrogens with zero attached hydrogens (tertiary/aromatic N) is 3. The van der Waals surface area contributed by atoms with E-state index in [1.807, 2.05) is 24.3 Å². The first kappa shape index (κ1) is 28.8. The van der Waals surface area contributed by atoms with Crippen molar-refractivity contribution in [1.29, 1.82) is 5.26 Å². The highest BCUT2D eigenvalue weighted by atomic mass is 32.1. The summed E-state index contributed by atoms with van der Waals surface area (Å²) in [6.45, 7) is 3.94. The number of hydrogen-bond acceptors (Lipinski definition) is 10. The molecule has 0 fully saturated rings. The molecule has 0 unspecified atom stereocenters. The molecule has 0 N–H and O–H groups in total. The van der Waals surface area contributed by atoms with Gasteiger partial charge in [-0.1, -0.05) is 41.7 Å². The first-order valence-electron chi connectivity index (χ1n) is 13.8. The number of allylic oxidation sites excluding steroid dienone is 1.